The Balaban J connectivity index is 0.00000225. The van der Waals surface area contributed by atoms with Gasteiger partial charge in [-0.3, -0.25) is 4.79 Å². The average Bonchev–Trinajstić information content (AvgIpc) is 2.20. The van der Waals surface area contributed by atoms with Gasteiger partial charge in [-0.1, -0.05) is 0 Å². The Labute approximate surface area is 136 Å². The summed E-state index contributed by atoms with van der Waals surface area (Å²) in [5.74, 6) is 1.26. The molecule has 0 aliphatic rings. The van der Waals surface area contributed by atoms with E-state index in [0.29, 0.717) is 11.4 Å². The van der Waals surface area contributed by atoms with Crippen LogP contribution in [0.4, 0.5) is 5.69 Å². The van der Waals surface area contributed by atoms with Crippen molar-refractivity contribution in [2.45, 2.75) is 6.92 Å². The van der Waals surface area contributed by atoms with Gasteiger partial charge in [0.25, 0.3) is 0 Å². The summed E-state index contributed by atoms with van der Waals surface area (Å²) in [7, 11) is 0. The van der Waals surface area contributed by atoms with E-state index in [4.69, 9.17) is 11.2 Å². The molecule has 16 heavy (non-hydrogen) atoms. The number of terminal acetylenes is 1. The van der Waals surface area contributed by atoms with Crippen LogP contribution in [0.15, 0.2) is 24.3 Å². The van der Waals surface area contributed by atoms with Gasteiger partial charge in [0.15, 0.2) is 0 Å². The summed E-state index contributed by atoms with van der Waals surface area (Å²) in [4.78, 5) is 21.4. The van der Waals surface area contributed by atoms with Crippen LogP contribution >= 0.6 is 0 Å². The molecule has 0 aliphatic carbocycles. The van der Waals surface area contributed by atoms with Gasteiger partial charge in [0.1, 0.15) is 5.75 Å². The number of ether oxygens (including phenoxy) is 1. The molecule has 0 aromatic heterocycles. The summed E-state index contributed by atoms with van der Waals surface area (Å²) in [6.45, 7) is 1.41. The van der Waals surface area contributed by atoms with E-state index in [0.717, 1.165) is 0 Å². The summed E-state index contributed by atoms with van der Waals surface area (Å²) >= 11 is 0. The number of rotatable bonds is 2. The third-order valence-corrected chi connectivity index (χ3v) is 1.50. The minimum Gasteiger partial charge on any atom is -0.417 e. The third-order valence-electron chi connectivity index (χ3n) is 1.50. The Bertz CT molecular complexity index is 420. The zero-order chi connectivity index (χ0) is 11.3. The maximum Gasteiger partial charge on any atom is 0.389 e. The van der Waals surface area contributed by atoms with Crippen LogP contribution in [0.1, 0.15) is 6.92 Å². The zero-order valence-electron chi connectivity index (χ0n) is 9.11. The predicted octanol–water partition coefficient (Wildman–Crippen LogP) is 0.803. The smallest absolute Gasteiger partial charge is 0.389 e. The van der Waals surface area contributed by atoms with Crippen molar-refractivity contribution >= 4 is 68.9 Å². The molecule has 0 aliphatic heterocycles. The Morgan fingerprint density at radius 2 is 1.88 bits per heavy atom. The Morgan fingerprint density at radius 3 is 2.31 bits per heavy atom. The number of carbonyl (C=O) groups is 2. The molecule has 0 saturated heterocycles. The van der Waals surface area contributed by atoms with Gasteiger partial charge >= 0.3 is 5.97 Å². The maximum atomic E-state index is 10.7. The van der Waals surface area contributed by atoms with Crippen molar-refractivity contribution in [3.8, 4) is 18.1 Å². The molecule has 77 valence electrons. The molecule has 4 nitrogen and oxygen atoms in total. The second-order valence-corrected chi connectivity index (χ2v) is 2.74. The molecular weight excluding hydrogens is 233 g/mol. The summed E-state index contributed by atoms with van der Waals surface area (Å²) in [6, 6.07) is 6.31. The van der Waals surface area contributed by atoms with Crippen molar-refractivity contribution in [3.63, 3.8) is 0 Å². The molecule has 1 N–H and O–H groups in total. The molecule has 0 unspecified atom stereocenters. The second-order valence-electron chi connectivity index (χ2n) is 2.74. The molecule has 5 heteroatoms. The minimum atomic E-state index is -0.748. The van der Waals surface area contributed by atoms with Crippen molar-refractivity contribution < 1.29 is 14.3 Å². The van der Waals surface area contributed by atoms with Crippen LogP contribution in [0.5, 0.6) is 5.75 Å². The van der Waals surface area contributed by atoms with E-state index < -0.39 is 5.97 Å². The number of hydrogen-bond acceptors (Lipinski definition) is 3. The van der Waals surface area contributed by atoms with Crippen molar-refractivity contribution in [1.82, 2.24) is 0 Å². The van der Waals surface area contributed by atoms with Gasteiger partial charge in [0.05, 0.1) is 0 Å². The fraction of sp³-hybridized carbons (Fsp3) is 0.0909. The fourth-order valence-electron chi connectivity index (χ4n) is 0.946. The first-order valence-corrected chi connectivity index (χ1v) is 4.18. The van der Waals surface area contributed by atoms with Gasteiger partial charge in [-0.2, -0.15) is 0 Å². The number of hydrogen-bond donors (Lipinski definition) is 1. The van der Waals surface area contributed by atoms with Crippen molar-refractivity contribution in [2.24, 2.45) is 0 Å². The Morgan fingerprint density at radius 1 is 1.31 bits per heavy atom. The van der Waals surface area contributed by atoms with Gasteiger partial charge < -0.3 is 10.1 Å². The Hall–Kier alpha value is -0.644. The van der Waals surface area contributed by atoms with Crippen LogP contribution in [-0.4, -0.2) is 63.3 Å². The van der Waals surface area contributed by atoms with Crippen LogP contribution in [0, 0.1) is 12.3 Å². The van der Waals surface area contributed by atoms with Crippen molar-refractivity contribution in [2.75, 3.05) is 5.32 Å². The minimum absolute atomic E-state index is 0. The number of anilines is 1. The largest absolute Gasteiger partial charge is 0.417 e. The van der Waals surface area contributed by atoms with Crippen molar-refractivity contribution in [1.29, 1.82) is 0 Å². The van der Waals surface area contributed by atoms with Crippen LogP contribution in [-0.2, 0) is 9.59 Å². The molecule has 0 heterocycles. The molecule has 0 spiro atoms. The molecule has 0 bridgehead atoms. The summed E-state index contributed by atoms with van der Waals surface area (Å²) < 4.78 is 4.74. The summed E-state index contributed by atoms with van der Waals surface area (Å²) in [5.41, 5.74) is 0.628. The molecule has 0 fully saturated rings. The second kappa shape index (κ2) is 7.60. The van der Waals surface area contributed by atoms with E-state index in [1.807, 2.05) is 5.92 Å². The molecule has 1 rings (SSSR count). The third kappa shape index (κ3) is 5.44. The predicted molar refractivity (Wildman–Crippen MR) is 61.0 cm³/mol. The van der Waals surface area contributed by atoms with Crippen LogP contribution in [0.3, 0.4) is 0 Å². The monoisotopic (exact) mass is 242 g/mol. The van der Waals surface area contributed by atoms with Gasteiger partial charge in [-0.25, -0.2) is 4.79 Å². The average molecular weight is 242 g/mol. The number of nitrogens with one attached hydrogen (secondary N) is 1. The number of benzene rings is 1. The summed E-state index contributed by atoms with van der Waals surface area (Å²) in [6.07, 6.45) is 4.83. The Kier molecular flexibility index (Phi) is 7.29. The first-order valence-electron chi connectivity index (χ1n) is 4.18. The molecule has 0 saturated carbocycles. The first-order chi connectivity index (χ1) is 7.11. The SMILES string of the molecule is C#CC(=O)Oc1ccc(NC(C)=O)cc1.[K]. The van der Waals surface area contributed by atoms with E-state index in [1.54, 1.807) is 24.3 Å². The zero-order valence-corrected chi connectivity index (χ0v) is 12.2. The van der Waals surface area contributed by atoms with E-state index in [9.17, 15) is 9.59 Å². The molecule has 0 atom stereocenters. The number of carbonyl (C=O) groups excluding carboxylic acids is 2. The van der Waals surface area contributed by atoms with Crippen LogP contribution in [0.2, 0.25) is 0 Å². The summed E-state index contributed by atoms with van der Waals surface area (Å²) in [5, 5.41) is 2.58. The molecule has 1 radical (unpaired) electrons. The van der Waals surface area contributed by atoms with Gasteiger partial charge in [-0.05, 0) is 24.3 Å². The van der Waals surface area contributed by atoms with E-state index in [2.05, 4.69) is 5.32 Å². The van der Waals surface area contributed by atoms with Gasteiger partial charge in [-0.15, -0.1) is 6.42 Å². The number of esters is 1. The van der Waals surface area contributed by atoms with E-state index in [-0.39, 0.29) is 57.3 Å². The van der Waals surface area contributed by atoms with Crippen LogP contribution < -0.4 is 10.1 Å². The van der Waals surface area contributed by atoms with E-state index >= 15 is 0 Å². The van der Waals surface area contributed by atoms with Gasteiger partial charge in [0, 0.05) is 69.9 Å². The normalized spacial score (nSPS) is 8.25. The molecule has 1 aromatic carbocycles. The van der Waals surface area contributed by atoms with Crippen LogP contribution in [0.25, 0.3) is 0 Å². The number of amides is 1. The van der Waals surface area contributed by atoms with E-state index in [1.165, 1.54) is 6.92 Å². The molecule has 1 amide bonds. The van der Waals surface area contributed by atoms with Crippen molar-refractivity contribution in [3.05, 3.63) is 24.3 Å². The molecular formula is C11H9KNO3. The topological polar surface area (TPSA) is 55.4 Å². The fourth-order valence-corrected chi connectivity index (χ4v) is 0.946. The maximum absolute atomic E-state index is 10.7. The van der Waals surface area contributed by atoms with Gasteiger partial charge in [0.2, 0.25) is 5.91 Å². The molecule has 1 aromatic rings. The standard InChI is InChI=1S/C11H9NO3.K/c1-3-11(14)15-10-6-4-9(5-7-10)12-8(2)13;/h1,4-7H,2H3,(H,12,13);. The quantitative estimate of drug-likeness (QED) is 0.274. The first kappa shape index (κ1) is 15.4.